The molecule has 0 amide bonds. The van der Waals surface area contributed by atoms with E-state index in [0.717, 1.165) is 56.7 Å². The normalized spacial score (nSPS) is 24.3. The Morgan fingerprint density at radius 2 is 2.05 bits per heavy atom. The van der Waals surface area contributed by atoms with Gasteiger partial charge in [0.05, 0.1) is 0 Å². The van der Waals surface area contributed by atoms with Crippen molar-refractivity contribution in [1.29, 1.82) is 0 Å². The highest BCUT2D eigenvalue weighted by atomic mass is 35.5. The van der Waals surface area contributed by atoms with Crippen molar-refractivity contribution in [2.45, 2.75) is 44.4 Å². The van der Waals surface area contributed by atoms with Crippen LogP contribution in [0.4, 0.5) is 0 Å². The Labute approximate surface area is 126 Å². The Morgan fingerprint density at radius 3 is 2.80 bits per heavy atom. The van der Waals surface area contributed by atoms with Gasteiger partial charge in [0.2, 0.25) is 5.89 Å². The van der Waals surface area contributed by atoms with Gasteiger partial charge < -0.3 is 14.6 Å². The number of halogens is 1. The molecular formula is C14H24ClN3O2. The number of hydrogen-bond acceptors (Lipinski definition) is 5. The number of hydrogen-bond donors (Lipinski definition) is 1. The molecule has 20 heavy (non-hydrogen) atoms. The molecule has 0 bridgehead atoms. The number of rotatable bonds is 4. The average molecular weight is 302 g/mol. The van der Waals surface area contributed by atoms with E-state index >= 15 is 0 Å². The molecule has 0 saturated carbocycles. The van der Waals surface area contributed by atoms with Gasteiger partial charge in [-0.3, -0.25) is 0 Å². The zero-order chi connectivity index (χ0) is 12.9. The molecule has 0 spiro atoms. The predicted octanol–water partition coefficient (Wildman–Crippen LogP) is 2.32. The summed E-state index contributed by atoms with van der Waals surface area (Å²) in [5, 5.41) is 7.58. The van der Waals surface area contributed by atoms with Crippen LogP contribution in [-0.2, 0) is 11.2 Å². The number of piperidine rings is 1. The third kappa shape index (κ3) is 4.17. The molecule has 6 heteroatoms. The van der Waals surface area contributed by atoms with Crippen molar-refractivity contribution in [3.05, 3.63) is 11.7 Å². The first-order chi connectivity index (χ1) is 9.42. The van der Waals surface area contributed by atoms with Gasteiger partial charge in [-0.25, -0.2) is 0 Å². The van der Waals surface area contributed by atoms with Crippen LogP contribution in [-0.4, -0.2) is 36.4 Å². The first kappa shape index (κ1) is 15.7. The predicted molar refractivity (Wildman–Crippen MR) is 78.3 cm³/mol. The molecule has 5 nitrogen and oxygen atoms in total. The molecule has 2 aliphatic rings. The summed E-state index contributed by atoms with van der Waals surface area (Å²) in [6.45, 7) is 3.95. The summed E-state index contributed by atoms with van der Waals surface area (Å²) in [6, 6.07) is 0. The van der Waals surface area contributed by atoms with E-state index in [-0.39, 0.29) is 12.4 Å². The van der Waals surface area contributed by atoms with Gasteiger partial charge in [-0.15, -0.1) is 12.4 Å². The third-order valence-electron chi connectivity index (χ3n) is 4.23. The first-order valence-electron chi connectivity index (χ1n) is 7.53. The minimum absolute atomic E-state index is 0. The molecule has 1 aromatic rings. The molecule has 2 saturated heterocycles. The van der Waals surface area contributed by atoms with Crippen LogP contribution in [0.5, 0.6) is 0 Å². The fourth-order valence-electron chi connectivity index (χ4n) is 2.98. The lowest BCUT2D eigenvalue weighted by atomic mass is 9.94. The second kappa shape index (κ2) is 7.96. The highest BCUT2D eigenvalue weighted by Crippen LogP contribution is 2.25. The molecular weight excluding hydrogens is 278 g/mol. The molecule has 0 radical (unpaired) electrons. The van der Waals surface area contributed by atoms with Crippen molar-refractivity contribution in [2.24, 2.45) is 5.92 Å². The van der Waals surface area contributed by atoms with E-state index in [9.17, 15) is 0 Å². The number of aryl methyl sites for hydroxylation is 1. The Kier molecular flexibility index (Phi) is 6.26. The van der Waals surface area contributed by atoms with Gasteiger partial charge in [-0.05, 0) is 51.1 Å². The van der Waals surface area contributed by atoms with E-state index in [1.165, 1.54) is 25.8 Å². The van der Waals surface area contributed by atoms with Crippen molar-refractivity contribution in [3.63, 3.8) is 0 Å². The smallest absolute Gasteiger partial charge is 0.229 e. The van der Waals surface area contributed by atoms with E-state index in [2.05, 4.69) is 15.5 Å². The van der Waals surface area contributed by atoms with E-state index in [1.807, 2.05) is 0 Å². The van der Waals surface area contributed by atoms with Gasteiger partial charge in [-0.1, -0.05) is 5.16 Å². The monoisotopic (exact) mass is 301 g/mol. The molecule has 1 atom stereocenters. The van der Waals surface area contributed by atoms with Gasteiger partial charge in [0.15, 0.2) is 5.82 Å². The van der Waals surface area contributed by atoms with Crippen LogP contribution in [0.15, 0.2) is 4.52 Å². The molecule has 3 heterocycles. The van der Waals surface area contributed by atoms with Crippen molar-refractivity contribution in [2.75, 3.05) is 26.3 Å². The molecule has 2 aliphatic heterocycles. The summed E-state index contributed by atoms with van der Waals surface area (Å²) >= 11 is 0. The number of nitrogens with zero attached hydrogens (tertiary/aromatic N) is 2. The van der Waals surface area contributed by atoms with Crippen LogP contribution in [0.2, 0.25) is 0 Å². The van der Waals surface area contributed by atoms with Crippen molar-refractivity contribution in [3.8, 4) is 0 Å². The van der Waals surface area contributed by atoms with Crippen LogP contribution >= 0.6 is 12.4 Å². The zero-order valence-electron chi connectivity index (χ0n) is 11.8. The summed E-state index contributed by atoms with van der Waals surface area (Å²) in [7, 11) is 0. The summed E-state index contributed by atoms with van der Waals surface area (Å²) in [4.78, 5) is 4.56. The Balaban J connectivity index is 0.00000147. The fraction of sp³-hybridized carbons (Fsp3) is 0.857. The van der Waals surface area contributed by atoms with Gasteiger partial charge in [0, 0.05) is 25.6 Å². The average Bonchev–Trinajstić information content (AvgIpc) is 2.96. The van der Waals surface area contributed by atoms with E-state index in [1.54, 1.807) is 0 Å². The van der Waals surface area contributed by atoms with Gasteiger partial charge in [0.25, 0.3) is 0 Å². The van der Waals surface area contributed by atoms with E-state index < -0.39 is 0 Å². The highest BCUT2D eigenvalue weighted by Gasteiger charge is 2.22. The SMILES string of the molecule is C1CNCC(CCc2noc(C3CCOCC3)n2)C1.Cl. The molecule has 114 valence electrons. The minimum atomic E-state index is 0. The summed E-state index contributed by atoms with van der Waals surface area (Å²) in [5.41, 5.74) is 0. The first-order valence-corrected chi connectivity index (χ1v) is 7.53. The maximum Gasteiger partial charge on any atom is 0.229 e. The number of aromatic nitrogens is 2. The maximum absolute atomic E-state index is 5.41. The van der Waals surface area contributed by atoms with Gasteiger partial charge >= 0.3 is 0 Å². The van der Waals surface area contributed by atoms with Crippen molar-refractivity contribution < 1.29 is 9.26 Å². The van der Waals surface area contributed by atoms with Crippen LogP contribution in [0.1, 0.15) is 49.7 Å². The van der Waals surface area contributed by atoms with E-state index in [4.69, 9.17) is 9.26 Å². The molecule has 2 fully saturated rings. The van der Waals surface area contributed by atoms with Crippen molar-refractivity contribution in [1.82, 2.24) is 15.5 Å². The van der Waals surface area contributed by atoms with Gasteiger partial charge in [-0.2, -0.15) is 4.98 Å². The van der Waals surface area contributed by atoms with E-state index in [0.29, 0.717) is 5.92 Å². The fourth-order valence-corrected chi connectivity index (χ4v) is 2.98. The molecule has 1 N–H and O–H groups in total. The Hall–Kier alpha value is -0.650. The molecule has 3 rings (SSSR count). The standard InChI is InChI=1S/C14H23N3O2.ClH/c1-2-11(10-15-7-1)3-4-13-16-14(19-17-13)12-5-8-18-9-6-12;/h11-12,15H,1-10H2;1H. The second-order valence-corrected chi connectivity index (χ2v) is 5.69. The largest absolute Gasteiger partial charge is 0.381 e. The molecule has 1 aromatic heterocycles. The van der Waals surface area contributed by atoms with Crippen LogP contribution in [0, 0.1) is 5.92 Å². The lowest BCUT2D eigenvalue weighted by Gasteiger charge is -2.21. The Morgan fingerprint density at radius 1 is 1.20 bits per heavy atom. The van der Waals surface area contributed by atoms with Crippen molar-refractivity contribution >= 4 is 12.4 Å². The second-order valence-electron chi connectivity index (χ2n) is 5.69. The third-order valence-corrected chi connectivity index (χ3v) is 4.23. The summed E-state index contributed by atoms with van der Waals surface area (Å²) < 4.78 is 10.8. The molecule has 1 unspecified atom stereocenters. The topological polar surface area (TPSA) is 60.2 Å². The number of nitrogens with one attached hydrogen (secondary N) is 1. The lowest BCUT2D eigenvalue weighted by Crippen LogP contribution is -2.30. The Bertz CT molecular complexity index is 388. The van der Waals surface area contributed by atoms with Crippen LogP contribution < -0.4 is 5.32 Å². The quantitative estimate of drug-likeness (QED) is 0.925. The lowest BCUT2D eigenvalue weighted by molar-refractivity contribution is 0.0778. The van der Waals surface area contributed by atoms with Gasteiger partial charge in [0.1, 0.15) is 0 Å². The zero-order valence-corrected chi connectivity index (χ0v) is 12.7. The number of ether oxygens (including phenoxy) is 1. The van der Waals surface area contributed by atoms with Crippen LogP contribution in [0.25, 0.3) is 0 Å². The summed E-state index contributed by atoms with van der Waals surface area (Å²) in [6.07, 6.45) is 6.75. The highest BCUT2D eigenvalue weighted by molar-refractivity contribution is 5.85. The molecule has 0 aliphatic carbocycles. The minimum Gasteiger partial charge on any atom is -0.381 e. The summed E-state index contributed by atoms with van der Waals surface area (Å²) in [5.74, 6) is 2.89. The maximum atomic E-state index is 5.41. The molecule has 0 aromatic carbocycles. The van der Waals surface area contributed by atoms with Crippen LogP contribution in [0.3, 0.4) is 0 Å².